The smallest absolute Gasteiger partial charge is 0.260 e. The highest BCUT2D eigenvalue weighted by Crippen LogP contribution is 2.40. The minimum Gasteiger partial charge on any atom is -0.489 e. The van der Waals surface area contributed by atoms with Crippen molar-refractivity contribution >= 4 is 74.0 Å². The molecule has 4 aromatic carbocycles. The summed E-state index contributed by atoms with van der Waals surface area (Å²) in [6.07, 6.45) is 21.3. The number of nitrogen functional groups attached to an aromatic ring is 3. The maximum absolute atomic E-state index is 13.3. The first kappa shape index (κ1) is 66.1. The summed E-state index contributed by atoms with van der Waals surface area (Å²) >= 11 is 0. The molecule has 514 valence electrons. The highest BCUT2D eigenvalue weighted by Gasteiger charge is 2.37. The van der Waals surface area contributed by atoms with Crippen LogP contribution in [0.15, 0.2) is 128 Å². The average molecular weight is 1350 g/mol. The first-order valence-corrected chi connectivity index (χ1v) is 34.1. The van der Waals surface area contributed by atoms with Gasteiger partial charge in [-0.2, -0.15) is 15.3 Å². The van der Waals surface area contributed by atoms with Crippen LogP contribution in [0.2, 0.25) is 0 Å². The van der Waals surface area contributed by atoms with Gasteiger partial charge in [0.15, 0.2) is 16.9 Å². The van der Waals surface area contributed by atoms with Gasteiger partial charge >= 0.3 is 0 Å². The summed E-state index contributed by atoms with van der Waals surface area (Å²) in [5.41, 5.74) is 30.5. The maximum Gasteiger partial charge on any atom is 0.260 e. The highest BCUT2D eigenvalue weighted by molar-refractivity contribution is 6.00. The molecule has 9 heterocycles. The number of rotatable bonds is 15. The van der Waals surface area contributed by atoms with Gasteiger partial charge < -0.3 is 48.5 Å². The maximum atomic E-state index is 13.3. The number of carbonyl (C=O) groups is 3. The Morgan fingerprint density at radius 1 is 0.540 bits per heavy atom. The molecule has 11 aromatic rings. The van der Waals surface area contributed by atoms with Crippen molar-refractivity contribution in [2.75, 3.05) is 35.7 Å². The number of nitrogens with two attached hydrogens (primary N) is 3. The lowest BCUT2D eigenvalue weighted by atomic mass is 10.0. The molecular weight excluding hydrogens is 1270 g/mol. The Bertz CT molecular complexity index is 4750. The highest BCUT2D eigenvalue weighted by atomic mass is 19.3. The summed E-state index contributed by atoms with van der Waals surface area (Å²) in [6.45, 7) is 2.75. The van der Waals surface area contributed by atoms with E-state index in [0.717, 1.165) is 117 Å². The van der Waals surface area contributed by atoms with Crippen LogP contribution in [0, 0.1) is 6.92 Å². The first-order chi connectivity index (χ1) is 48.7. The number of aryl methyl sites for hydroxylation is 1. The molecule has 0 bridgehead atoms. The number of anilines is 4. The number of halogens is 2. The van der Waals surface area contributed by atoms with Crippen molar-refractivity contribution in [3.8, 4) is 39.7 Å². The van der Waals surface area contributed by atoms with Crippen LogP contribution in [0.25, 0.3) is 67.0 Å². The van der Waals surface area contributed by atoms with Gasteiger partial charge in [0.2, 0.25) is 11.8 Å². The molecule has 0 spiro atoms. The molecule has 4 fully saturated rings. The van der Waals surface area contributed by atoms with E-state index in [-0.39, 0.29) is 37.1 Å². The van der Waals surface area contributed by atoms with Gasteiger partial charge in [0, 0.05) is 36.2 Å². The number of para-hydroxylation sites is 2. The molecule has 3 saturated carbocycles. The Balaban J connectivity index is 0.000000128. The van der Waals surface area contributed by atoms with Crippen LogP contribution in [-0.4, -0.2) is 118 Å². The monoisotopic (exact) mass is 1350 g/mol. The summed E-state index contributed by atoms with van der Waals surface area (Å²) in [5.74, 6) is -1.26. The molecule has 2 unspecified atom stereocenters. The van der Waals surface area contributed by atoms with Crippen molar-refractivity contribution in [1.29, 1.82) is 0 Å². The second kappa shape index (κ2) is 29.1. The molecule has 7 aromatic heterocycles. The van der Waals surface area contributed by atoms with Gasteiger partial charge in [0.1, 0.15) is 77.6 Å². The van der Waals surface area contributed by atoms with Crippen LogP contribution in [0.4, 0.5) is 31.9 Å². The molecule has 16 rings (SSSR count). The Labute approximate surface area is 574 Å². The molecule has 2 aliphatic heterocycles. The van der Waals surface area contributed by atoms with E-state index in [4.69, 9.17) is 37.2 Å². The predicted molar refractivity (Wildman–Crippen MR) is 375 cm³/mol. The average Bonchev–Trinajstić information content (AvgIpc) is 1.62. The number of hydrogen-bond acceptors (Lipinski definition) is 20. The first-order valence-electron chi connectivity index (χ1n) is 34.1. The van der Waals surface area contributed by atoms with E-state index in [2.05, 4.69) is 66.5 Å². The zero-order chi connectivity index (χ0) is 68.9. The molecule has 3 amide bonds. The number of fused-ring (bicyclic) bond motifs is 4. The number of nitrogens with zero attached hydrogens (tertiary/aromatic N) is 14. The fourth-order valence-electron chi connectivity index (χ4n) is 13.9. The summed E-state index contributed by atoms with van der Waals surface area (Å²) in [7, 11) is 0. The minimum absolute atomic E-state index is 0.102. The Morgan fingerprint density at radius 3 is 1.51 bits per heavy atom. The van der Waals surface area contributed by atoms with E-state index in [0.29, 0.717) is 83.3 Å². The number of hydrogen-bond donors (Lipinski definition) is 8. The summed E-state index contributed by atoms with van der Waals surface area (Å²) in [6, 6.07) is 30.8. The third-order valence-electron chi connectivity index (χ3n) is 19.4. The fraction of sp³-hybridized carbons (Fsp3) is 0.361. The van der Waals surface area contributed by atoms with Gasteiger partial charge in [-0.25, -0.2) is 52.7 Å². The Hall–Kier alpha value is -11.2. The van der Waals surface area contributed by atoms with Gasteiger partial charge in [0.25, 0.3) is 11.8 Å². The van der Waals surface area contributed by atoms with Crippen molar-refractivity contribution in [2.24, 2.45) is 0 Å². The normalized spacial score (nSPS) is 17.6. The Morgan fingerprint density at radius 2 is 1.02 bits per heavy atom. The molecule has 26 nitrogen and oxygen atoms in total. The molecule has 0 radical (unpaired) electrons. The molecular formula is C72H78F2N22O4. The Kier molecular flexibility index (Phi) is 19.2. The molecule has 2 atom stereocenters. The third-order valence-corrected chi connectivity index (χ3v) is 19.4. The SMILES string of the molecule is Cc1ccccc1C(=O)NCc1cnc(-c2nn(C3CCCC3)c3ncnc(N)c23)cn1.Nc1ncnc2c1c(-c1ccc(CNC(=O)C3CCC(F)(F)CN3)cc1)nn2C1CCCC1.Nc1ncnc2c1c(-c1ccc(CNC(=O)C3COc4ccccc4N3)cc1)nn2C1CCCC1. The van der Waals surface area contributed by atoms with Gasteiger partial charge in [-0.3, -0.25) is 24.4 Å². The zero-order valence-electron chi connectivity index (χ0n) is 55.3. The van der Waals surface area contributed by atoms with Crippen molar-refractivity contribution in [3.63, 3.8) is 0 Å². The number of amides is 3. The lowest BCUT2D eigenvalue weighted by Crippen LogP contribution is -2.52. The van der Waals surface area contributed by atoms with Crippen LogP contribution >= 0.6 is 0 Å². The second-order valence-electron chi connectivity index (χ2n) is 26.1. The number of alkyl halides is 2. The lowest BCUT2D eigenvalue weighted by molar-refractivity contribution is -0.126. The third kappa shape index (κ3) is 14.3. The van der Waals surface area contributed by atoms with E-state index in [1.54, 1.807) is 18.5 Å². The van der Waals surface area contributed by atoms with E-state index in [1.807, 2.05) is 112 Å². The predicted octanol–water partition coefficient (Wildman–Crippen LogP) is 10.1. The molecule has 28 heteroatoms. The van der Waals surface area contributed by atoms with E-state index in [9.17, 15) is 23.2 Å². The number of carbonyl (C=O) groups excluding carboxylic acids is 3. The number of ether oxygens (including phenoxy) is 1. The second-order valence-corrected chi connectivity index (χ2v) is 26.1. The molecule has 100 heavy (non-hydrogen) atoms. The molecule has 5 aliphatic rings. The van der Waals surface area contributed by atoms with Crippen molar-refractivity contribution < 1.29 is 27.9 Å². The molecule has 11 N–H and O–H groups in total. The zero-order valence-corrected chi connectivity index (χ0v) is 55.3. The standard InChI is InChI=1S/C26H27N7O2.C23H27F2N7O.C23H24N8O/c27-24-22-23(32-33(18-5-1-2-6-18)25(22)30-15-29-24)17-11-9-16(10-12-17)13-28-26(34)20-14-35-21-8-4-3-7-19(21)31-20;24-23(25)10-9-17(28-12-23)22(33)27-11-14-5-7-15(8-6-14)19-18-20(26)29-13-30-21(18)32(31-19)16-3-1-2-4-16;1-14-6-2-5-9-17(14)23(32)27-11-15-10-26-18(12-25-15)20-19-21(24)28-13-29-22(19)31(30-20)16-7-3-4-8-16/h3-4,7-12,15,18,20,31H,1-2,5-6,13-14H2,(H,28,34)(H2,27,29,30);5-8,13,16-17,28H,1-4,9-12H2,(H,27,33)(H2,26,29,30);2,5-6,9-10,12-13,16H,3-4,7-8,11H2,1H3,(H,27,32)(H2,24,28,29). The van der Waals surface area contributed by atoms with Crippen molar-refractivity contribution in [1.82, 2.24) is 90.5 Å². The van der Waals surface area contributed by atoms with E-state index in [1.165, 1.54) is 57.5 Å². The van der Waals surface area contributed by atoms with Crippen LogP contribution in [0.3, 0.4) is 0 Å². The lowest BCUT2D eigenvalue weighted by Gasteiger charge is -2.28. The summed E-state index contributed by atoms with van der Waals surface area (Å²) in [4.78, 5) is 72.4. The summed E-state index contributed by atoms with van der Waals surface area (Å²) in [5, 5.41) is 31.5. The van der Waals surface area contributed by atoms with Gasteiger partial charge in [0.05, 0.1) is 77.2 Å². The number of aromatic nitrogens is 14. The fourth-order valence-corrected chi connectivity index (χ4v) is 13.9. The quantitative estimate of drug-likeness (QED) is 0.0473. The van der Waals surface area contributed by atoms with Gasteiger partial charge in [-0.1, -0.05) is 117 Å². The minimum atomic E-state index is -2.74. The summed E-state index contributed by atoms with van der Waals surface area (Å²) < 4.78 is 38.2. The van der Waals surface area contributed by atoms with Crippen LogP contribution < -0.4 is 48.5 Å². The largest absolute Gasteiger partial charge is 0.489 e. The van der Waals surface area contributed by atoms with Crippen molar-refractivity contribution in [3.05, 3.63) is 156 Å². The van der Waals surface area contributed by atoms with Crippen LogP contribution in [-0.2, 0) is 29.2 Å². The molecule has 3 aliphatic carbocycles. The molecule has 1 saturated heterocycles. The number of nitrogens with one attached hydrogen (secondary N) is 5. The van der Waals surface area contributed by atoms with Gasteiger partial charge in [-0.15, -0.1) is 0 Å². The topological polar surface area (TPSA) is 355 Å². The number of piperidine rings is 1. The van der Waals surface area contributed by atoms with Crippen LogP contribution in [0.1, 0.15) is 141 Å². The van der Waals surface area contributed by atoms with E-state index < -0.39 is 24.6 Å². The van der Waals surface area contributed by atoms with Crippen molar-refractivity contribution in [2.45, 2.75) is 153 Å². The van der Waals surface area contributed by atoms with E-state index >= 15 is 0 Å². The number of benzene rings is 4. The van der Waals surface area contributed by atoms with Gasteiger partial charge in [-0.05, 0) is 86.8 Å². The van der Waals surface area contributed by atoms with Crippen LogP contribution in [0.5, 0.6) is 5.75 Å².